The Kier molecular flexibility index (Phi) is 4.84. The smallest absolute Gasteiger partial charge is 0.315 e. The van der Waals surface area contributed by atoms with Gasteiger partial charge in [0.05, 0.1) is 29.0 Å². The number of thioether (sulfide) groups is 1. The normalized spacial score (nSPS) is 11.2. The summed E-state index contributed by atoms with van der Waals surface area (Å²) >= 11 is 1.41. The van der Waals surface area contributed by atoms with E-state index in [0.29, 0.717) is 35.9 Å². The number of aromatic nitrogens is 4. The Morgan fingerprint density at radius 1 is 1.25 bits per heavy atom. The van der Waals surface area contributed by atoms with Gasteiger partial charge in [-0.15, -0.1) is 22.0 Å². The highest BCUT2D eigenvalue weighted by molar-refractivity contribution is 7.99. The van der Waals surface area contributed by atoms with E-state index in [0.717, 1.165) is 5.52 Å². The predicted molar refractivity (Wildman–Crippen MR) is 93.2 cm³/mol. The molecule has 0 saturated heterocycles. The van der Waals surface area contributed by atoms with Crippen LogP contribution >= 0.6 is 11.8 Å². The number of hydrogen-bond acceptors (Lipinski definition) is 6. The fourth-order valence-corrected chi connectivity index (χ4v) is 3.34. The number of hydrogen-bond donors (Lipinski definition) is 0. The molecule has 0 aliphatic carbocycles. The molecule has 2 aromatic heterocycles. The van der Waals surface area contributed by atoms with E-state index in [9.17, 15) is 9.59 Å². The van der Waals surface area contributed by atoms with Gasteiger partial charge in [-0.2, -0.15) is 0 Å². The number of esters is 1. The van der Waals surface area contributed by atoms with Crippen molar-refractivity contribution in [3.63, 3.8) is 0 Å². The standard InChI is InChI=1S/C16H18N4O3S/c1-3-19-15(22)11-7-5-6-8-12(11)20-13(17-18-16(19)20)9-24-10-14(21)23-4-2/h5-8H,3-4,9-10H2,1-2H3. The molecule has 126 valence electrons. The lowest BCUT2D eigenvalue weighted by Crippen LogP contribution is -2.22. The maximum Gasteiger partial charge on any atom is 0.315 e. The number of rotatable bonds is 6. The van der Waals surface area contributed by atoms with Gasteiger partial charge in [-0.25, -0.2) is 0 Å². The summed E-state index contributed by atoms with van der Waals surface area (Å²) in [5.41, 5.74) is 0.706. The van der Waals surface area contributed by atoms with Crippen LogP contribution in [0.3, 0.4) is 0 Å². The first kappa shape index (κ1) is 16.5. The summed E-state index contributed by atoms with van der Waals surface area (Å²) in [5.74, 6) is 1.75. The molecule has 0 spiro atoms. The van der Waals surface area contributed by atoms with Crippen LogP contribution in [0.1, 0.15) is 19.7 Å². The maximum absolute atomic E-state index is 12.6. The molecule has 0 N–H and O–H groups in total. The molecule has 0 fully saturated rings. The molecule has 8 heteroatoms. The highest BCUT2D eigenvalue weighted by atomic mass is 32.2. The van der Waals surface area contributed by atoms with E-state index in [1.54, 1.807) is 17.6 Å². The quantitative estimate of drug-likeness (QED) is 0.634. The van der Waals surface area contributed by atoms with E-state index < -0.39 is 0 Å². The van der Waals surface area contributed by atoms with E-state index in [1.165, 1.54) is 11.8 Å². The molecule has 2 heterocycles. The third kappa shape index (κ3) is 2.89. The van der Waals surface area contributed by atoms with Crippen molar-refractivity contribution >= 4 is 34.4 Å². The van der Waals surface area contributed by atoms with Gasteiger partial charge in [-0.3, -0.25) is 18.6 Å². The van der Waals surface area contributed by atoms with Crippen molar-refractivity contribution in [2.45, 2.75) is 26.1 Å². The van der Waals surface area contributed by atoms with Crippen LogP contribution in [0.2, 0.25) is 0 Å². The third-order valence-corrected chi connectivity index (χ3v) is 4.55. The molecule has 0 aliphatic rings. The minimum atomic E-state index is -0.244. The van der Waals surface area contributed by atoms with Gasteiger partial charge in [0.1, 0.15) is 5.82 Å². The first-order chi connectivity index (χ1) is 11.7. The number of ether oxygens (including phenoxy) is 1. The van der Waals surface area contributed by atoms with E-state index in [-0.39, 0.29) is 17.3 Å². The number of benzene rings is 1. The van der Waals surface area contributed by atoms with Gasteiger partial charge in [0, 0.05) is 6.54 Å². The van der Waals surface area contributed by atoms with E-state index in [1.807, 2.05) is 29.5 Å². The van der Waals surface area contributed by atoms with Crippen LogP contribution in [0.4, 0.5) is 0 Å². The lowest BCUT2D eigenvalue weighted by atomic mass is 10.2. The zero-order chi connectivity index (χ0) is 17.1. The van der Waals surface area contributed by atoms with Crippen LogP contribution in [0.15, 0.2) is 29.1 Å². The Hall–Kier alpha value is -2.35. The van der Waals surface area contributed by atoms with Crippen LogP contribution in [0.5, 0.6) is 0 Å². The second-order valence-corrected chi connectivity index (χ2v) is 6.10. The molecule has 3 aromatic rings. The number of carbonyl (C=O) groups excluding carboxylic acids is 1. The fraction of sp³-hybridized carbons (Fsp3) is 0.375. The Morgan fingerprint density at radius 3 is 2.79 bits per heavy atom. The average Bonchev–Trinajstić information content (AvgIpc) is 3.00. The average molecular weight is 346 g/mol. The van der Waals surface area contributed by atoms with Crippen LogP contribution < -0.4 is 5.56 Å². The number of nitrogens with zero attached hydrogens (tertiary/aromatic N) is 4. The molecule has 0 saturated carbocycles. The molecule has 24 heavy (non-hydrogen) atoms. The van der Waals surface area contributed by atoms with Gasteiger partial charge >= 0.3 is 5.97 Å². The summed E-state index contributed by atoms with van der Waals surface area (Å²) in [6.07, 6.45) is 0. The lowest BCUT2D eigenvalue weighted by molar-refractivity contribution is -0.139. The van der Waals surface area contributed by atoms with Gasteiger partial charge in [0.2, 0.25) is 5.78 Å². The van der Waals surface area contributed by atoms with E-state index in [2.05, 4.69) is 10.2 Å². The van der Waals surface area contributed by atoms with Crippen molar-refractivity contribution < 1.29 is 9.53 Å². The SMILES string of the molecule is CCOC(=O)CSCc1nnc2n(CC)c(=O)c3ccccc3n12. The van der Waals surface area contributed by atoms with Crippen LogP contribution in [-0.4, -0.2) is 37.5 Å². The van der Waals surface area contributed by atoms with Crippen molar-refractivity contribution in [1.82, 2.24) is 19.2 Å². The van der Waals surface area contributed by atoms with Gasteiger partial charge in [0.15, 0.2) is 0 Å². The van der Waals surface area contributed by atoms with Crippen LogP contribution in [-0.2, 0) is 21.8 Å². The molecular formula is C16H18N4O3S. The number of fused-ring (bicyclic) bond motifs is 3. The van der Waals surface area contributed by atoms with Gasteiger partial charge in [-0.1, -0.05) is 12.1 Å². The Labute approximate surface area is 142 Å². The molecule has 1 aromatic carbocycles. The zero-order valence-electron chi connectivity index (χ0n) is 13.6. The van der Waals surface area contributed by atoms with Crippen molar-refractivity contribution in [2.24, 2.45) is 0 Å². The molecule has 0 radical (unpaired) electrons. The molecule has 0 aliphatic heterocycles. The molecule has 7 nitrogen and oxygen atoms in total. The van der Waals surface area contributed by atoms with E-state index >= 15 is 0 Å². The Balaban J connectivity index is 2.03. The first-order valence-corrected chi connectivity index (χ1v) is 8.91. The van der Waals surface area contributed by atoms with Crippen molar-refractivity contribution in [2.75, 3.05) is 12.4 Å². The summed E-state index contributed by atoms with van der Waals surface area (Å²) in [7, 11) is 0. The monoisotopic (exact) mass is 346 g/mol. The highest BCUT2D eigenvalue weighted by Gasteiger charge is 2.15. The van der Waals surface area contributed by atoms with E-state index in [4.69, 9.17) is 4.74 Å². The summed E-state index contributed by atoms with van der Waals surface area (Å²) in [6, 6.07) is 7.41. The topological polar surface area (TPSA) is 78.5 Å². The number of aryl methyl sites for hydroxylation is 1. The minimum Gasteiger partial charge on any atom is -0.465 e. The molecule has 0 atom stereocenters. The fourth-order valence-electron chi connectivity index (χ4n) is 2.62. The molecule has 0 amide bonds. The first-order valence-electron chi connectivity index (χ1n) is 7.76. The molecular weight excluding hydrogens is 328 g/mol. The number of para-hydroxylation sites is 1. The van der Waals surface area contributed by atoms with Gasteiger partial charge in [-0.05, 0) is 26.0 Å². The summed E-state index contributed by atoms with van der Waals surface area (Å²) in [5, 5.41) is 9.03. The largest absolute Gasteiger partial charge is 0.465 e. The lowest BCUT2D eigenvalue weighted by Gasteiger charge is -2.09. The van der Waals surface area contributed by atoms with Gasteiger partial charge in [0.25, 0.3) is 5.56 Å². The summed E-state index contributed by atoms with van der Waals surface area (Å²) < 4.78 is 8.42. The maximum atomic E-state index is 12.6. The Bertz CT molecular complexity index is 948. The second-order valence-electron chi connectivity index (χ2n) is 5.12. The van der Waals surface area contributed by atoms with Gasteiger partial charge < -0.3 is 4.74 Å². The Morgan fingerprint density at radius 2 is 2.04 bits per heavy atom. The zero-order valence-corrected chi connectivity index (χ0v) is 14.4. The molecule has 0 bridgehead atoms. The minimum absolute atomic E-state index is 0.0706. The number of carbonyl (C=O) groups is 1. The van der Waals surface area contributed by atoms with Crippen LogP contribution in [0, 0.1) is 0 Å². The van der Waals surface area contributed by atoms with Crippen molar-refractivity contribution in [3.8, 4) is 0 Å². The van der Waals surface area contributed by atoms with Crippen molar-refractivity contribution in [3.05, 3.63) is 40.4 Å². The van der Waals surface area contributed by atoms with Crippen molar-refractivity contribution in [1.29, 1.82) is 0 Å². The summed E-state index contributed by atoms with van der Waals surface area (Å²) in [6.45, 7) is 4.58. The third-order valence-electron chi connectivity index (χ3n) is 3.65. The molecule has 0 unspecified atom stereocenters. The molecule has 3 rings (SSSR count). The highest BCUT2D eigenvalue weighted by Crippen LogP contribution is 2.18. The predicted octanol–water partition coefficient (Wildman–Crippen LogP) is 1.86. The summed E-state index contributed by atoms with van der Waals surface area (Å²) in [4.78, 5) is 24.0. The second kappa shape index (κ2) is 7.04. The van der Waals surface area contributed by atoms with Crippen LogP contribution in [0.25, 0.3) is 16.7 Å².